The Balaban J connectivity index is 1.57. The number of amides is 1. The van der Waals surface area contributed by atoms with Crippen LogP contribution < -0.4 is 10.6 Å². The van der Waals surface area contributed by atoms with Gasteiger partial charge in [0.15, 0.2) is 0 Å². The molecule has 1 amide bonds. The quantitative estimate of drug-likeness (QED) is 0.834. The molecular weight excluding hydrogens is 328 g/mol. The number of benzene rings is 1. The van der Waals surface area contributed by atoms with Gasteiger partial charge in [-0.3, -0.25) is 14.7 Å². The maximum atomic E-state index is 12.4. The number of rotatable bonds is 6. The molecule has 0 saturated carbocycles. The minimum atomic E-state index is -0.102. The number of hydrogen-bond donors (Lipinski definition) is 2. The SMILES string of the molecule is Cc1cccc(Nc2cncc(C(=O)NCCN3CCOCC3)c2)c1C. The van der Waals surface area contributed by atoms with Crippen molar-refractivity contribution in [3.05, 3.63) is 53.3 Å². The molecule has 0 aliphatic carbocycles. The van der Waals surface area contributed by atoms with Crippen LogP contribution >= 0.6 is 0 Å². The van der Waals surface area contributed by atoms with E-state index in [4.69, 9.17) is 4.74 Å². The molecule has 0 radical (unpaired) electrons. The Morgan fingerprint density at radius 2 is 2.04 bits per heavy atom. The standard InChI is InChI=1S/C20H26N4O2/c1-15-4-3-5-19(16(15)2)23-18-12-17(13-21-14-18)20(25)22-6-7-24-8-10-26-11-9-24/h3-5,12-14,23H,6-11H2,1-2H3,(H,22,25). The average molecular weight is 354 g/mol. The molecule has 1 aliphatic heterocycles. The molecule has 1 aromatic heterocycles. The lowest BCUT2D eigenvalue weighted by Crippen LogP contribution is -2.41. The van der Waals surface area contributed by atoms with Crippen LogP contribution in [-0.4, -0.2) is 55.2 Å². The topological polar surface area (TPSA) is 66.5 Å². The molecule has 1 aliphatic rings. The first-order valence-corrected chi connectivity index (χ1v) is 9.00. The van der Waals surface area contributed by atoms with Crippen LogP contribution in [0.15, 0.2) is 36.7 Å². The van der Waals surface area contributed by atoms with Crippen LogP contribution in [0.5, 0.6) is 0 Å². The average Bonchev–Trinajstić information content (AvgIpc) is 2.66. The maximum Gasteiger partial charge on any atom is 0.252 e. The van der Waals surface area contributed by atoms with E-state index in [1.54, 1.807) is 12.4 Å². The van der Waals surface area contributed by atoms with E-state index in [0.717, 1.165) is 44.2 Å². The molecule has 2 N–H and O–H groups in total. The van der Waals surface area contributed by atoms with Gasteiger partial charge in [-0.15, -0.1) is 0 Å². The van der Waals surface area contributed by atoms with Crippen LogP contribution in [0, 0.1) is 13.8 Å². The molecule has 1 fully saturated rings. The molecule has 1 aromatic carbocycles. The summed E-state index contributed by atoms with van der Waals surface area (Å²) < 4.78 is 5.33. The number of nitrogens with one attached hydrogen (secondary N) is 2. The number of morpholine rings is 1. The van der Waals surface area contributed by atoms with Crippen LogP contribution in [0.1, 0.15) is 21.5 Å². The predicted octanol–water partition coefficient (Wildman–Crippen LogP) is 2.50. The van der Waals surface area contributed by atoms with Gasteiger partial charge in [0, 0.05) is 38.1 Å². The molecule has 3 rings (SSSR count). The van der Waals surface area contributed by atoms with Gasteiger partial charge in [-0.05, 0) is 37.1 Å². The van der Waals surface area contributed by atoms with Crippen LogP contribution in [0.25, 0.3) is 0 Å². The van der Waals surface area contributed by atoms with Crippen molar-refractivity contribution in [2.24, 2.45) is 0 Å². The number of aromatic nitrogens is 1. The van der Waals surface area contributed by atoms with E-state index < -0.39 is 0 Å². The summed E-state index contributed by atoms with van der Waals surface area (Å²) in [6.45, 7) is 8.99. The van der Waals surface area contributed by atoms with E-state index in [2.05, 4.69) is 40.4 Å². The zero-order valence-corrected chi connectivity index (χ0v) is 15.4. The minimum Gasteiger partial charge on any atom is -0.379 e. The molecule has 0 spiro atoms. The molecule has 26 heavy (non-hydrogen) atoms. The lowest BCUT2D eigenvalue weighted by molar-refractivity contribution is 0.0383. The van der Waals surface area contributed by atoms with E-state index in [0.29, 0.717) is 12.1 Å². The first kappa shape index (κ1) is 18.4. The monoisotopic (exact) mass is 354 g/mol. The second kappa shape index (κ2) is 8.78. The summed E-state index contributed by atoms with van der Waals surface area (Å²) in [7, 11) is 0. The van der Waals surface area contributed by atoms with E-state index in [1.165, 1.54) is 11.1 Å². The number of carbonyl (C=O) groups is 1. The number of carbonyl (C=O) groups excluding carboxylic acids is 1. The van der Waals surface area contributed by atoms with Gasteiger partial charge >= 0.3 is 0 Å². The van der Waals surface area contributed by atoms with Crippen molar-refractivity contribution in [1.29, 1.82) is 0 Å². The Hall–Kier alpha value is -2.44. The van der Waals surface area contributed by atoms with E-state index in [9.17, 15) is 4.79 Å². The highest BCUT2D eigenvalue weighted by Gasteiger charge is 2.11. The Kier molecular flexibility index (Phi) is 6.20. The third-order valence-corrected chi connectivity index (χ3v) is 4.70. The summed E-state index contributed by atoms with van der Waals surface area (Å²) in [4.78, 5) is 18.9. The molecule has 2 heterocycles. The summed E-state index contributed by atoms with van der Waals surface area (Å²) in [6.07, 6.45) is 3.32. The first-order chi connectivity index (χ1) is 12.6. The summed E-state index contributed by atoms with van der Waals surface area (Å²) in [5.41, 5.74) is 4.80. The number of aryl methyl sites for hydroxylation is 1. The molecule has 2 aromatic rings. The van der Waals surface area contributed by atoms with Gasteiger partial charge in [-0.25, -0.2) is 0 Å². The minimum absolute atomic E-state index is 0.102. The Labute approximate surface area is 154 Å². The summed E-state index contributed by atoms with van der Waals surface area (Å²) in [6, 6.07) is 7.95. The zero-order valence-electron chi connectivity index (χ0n) is 15.4. The van der Waals surface area contributed by atoms with Gasteiger partial charge < -0.3 is 15.4 Å². The van der Waals surface area contributed by atoms with Gasteiger partial charge in [-0.2, -0.15) is 0 Å². The normalized spacial score (nSPS) is 14.8. The van der Waals surface area contributed by atoms with Crippen LogP contribution in [0.4, 0.5) is 11.4 Å². The summed E-state index contributed by atoms with van der Waals surface area (Å²) >= 11 is 0. The lowest BCUT2D eigenvalue weighted by atomic mass is 10.1. The number of anilines is 2. The highest BCUT2D eigenvalue weighted by Crippen LogP contribution is 2.22. The molecular formula is C20H26N4O2. The van der Waals surface area contributed by atoms with Crippen molar-refractivity contribution in [2.45, 2.75) is 13.8 Å². The fourth-order valence-corrected chi connectivity index (χ4v) is 2.93. The number of nitrogens with zero attached hydrogens (tertiary/aromatic N) is 2. The predicted molar refractivity (Wildman–Crippen MR) is 103 cm³/mol. The van der Waals surface area contributed by atoms with E-state index in [1.807, 2.05) is 18.2 Å². The molecule has 138 valence electrons. The fraction of sp³-hybridized carbons (Fsp3) is 0.400. The van der Waals surface area contributed by atoms with Crippen LogP contribution in [-0.2, 0) is 4.74 Å². The van der Waals surface area contributed by atoms with E-state index in [-0.39, 0.29) is 5.91 Å². The highest BCUT2D eigenvalue weighted by molar-refractivity contribution is 5.94. The third-order valence-electron chi connectivity index (χ3n) is 4.70. The zero-order chi connectivity index (χ0) is 18.4. The van der Waals surface area contributed by atoms with Crippen LogP contribution in [0.2, 0.25) is 0 Å². The largest absolute Gasteiger partial charge is 0.379 e. The van der Waals surface area contributed by atoms with Crippen molar-refractivity contribution < 1.29 is 9.53 Å². The second-order valence-electron chi connectivity index (χ2n) is 6.54. The van der Waals surface area contributed by atoms with Crippen molar-refractivity contribution >= 4 is 17.3 Å². The third kappa shape index (κ3) is 4.80. The summed E-state index contributed by atoms with van der Waals surface area (Å²) in [5.74, 6) is -0.102. The Bertz CT molecular complexity index is 757. The van der Waals surface area contributed by atoms with Crippen molar-refractivity contribution in [2.75, 3.05) is 44.7 Å². The van der Waals surface area contributed by atoms with Crippen molar-refractivity contribution in [3.63, 3.8) is 0 Å². The van der Waals surface area contributed by atoms with Crippen LogP contribution in [0.3, 0.4) is 0 Å². The molecule has 6 nitrogen and oxygen atoms in total. The van der Waals surface area contributed by atoms with Crippen molar-refractivity contribution in [3.8, 4) is 0 Å². The molecule has 1 saturated heterocycles. The molecule has 0 bridgehead atoms. The van der Waals surface area contributed by atoms with Gasteiger partial charge in [0.1, 0.15) is 0 Å². The number of pyridine rings is 1. The van der Waals surface area contributed by atoms with Gasteiger partial charge in [0.25, 0.3) is 5.91 Å². The number of ether oxygens (including phenoxy) is 1. The maximum absolute atomic E-state index is 12.4. The molecule has 6 heteroatoms. The number of hydrogen-bond acceptors (Lipinski definition) is 5. The lowest BCUT2D eigenvalue weighted by Gasteiger charge is -2.26. The Morgan fingerprint density at radius 3 is 2.85 bits per heavy atom. The highest BCUT2D eigenvalue weighted by atomic mass is 16.5. The fourth-order valence-electron chi connectivity index (χ4n) is 2.93. The Morgan fingerprint density at radius 1 is 1.23 bits per heavy atom. The smallest absolute Gasteiger partial charge is 0.252 e. The van der Waals surface area contributed by atoms with Gasteiger partial charge in [0.05, 0.1) is 30.7 Å². The van der Waals surface area contributed by atoms with Crippen molar-refractivity contribution in [1.82, 2.24) is 15.2 Å². The second-order valence-corrected chi connectivity index (χ2v) is 6.54. The molecule has 0 unspecified atom stereocenters. The van der Waals surface area contributed by atoms with Gasteiger partial charge in [0.2, 0.25) is 0 Å². The van der Waals surface area contributed by atoms with Gasteiger partial charge in [-0.1, -0.05) is 12.1 Å². The molecule has 0 atom stereocenters. The van der Waals surface area contributed by atoms with E-state index >= 15 is 0 Å². The first-order valence-electron chi connectivity index (χ1n) is 9.00. The summed E-state index contributed by atoms with van der Waals surface area (Å²) in [5, 5.41) is 6.32.